The summed E-state index contributed by atoms with van der Waals surface area (Å²) in [5.74, 6) is 0.699. The third-order valence-electron chi connectivity index (χ3n) is 4.88. The average Bonchev–Trinajstić information content (AvgIpc) is 3.01. The van der Waals surface area contributed by atoms with E-state index in [9.17, 15) is 20.2 Å². The van der Waals surface area contributed by atoms with Gasteiger partial charge < -0.3 is 14.4 Å². The first-order valence-electron chi connectivity index (χ1n) is 9.20. The average molecular weight is 399 g/mol. The Balaban J connectivity index is 2.25. The van der Waals surface area contributed by atoms with Gasteiger partial charge in [-0.05, 0) is 12.8 Å². The first-order valence-corrected chi connectivity index (χ1v) is 9.20. The monoisotopic (exact) mass is 399 g/mol. The molecule has 1 aromatic heterocycles. The number of aromatic nitrogens is 2. The van der Waals surface area contributed by atoms with Gasteiger partial charge in [-0.3, -0.25) is 19.9 Å². The number of rotatable bonds is 5. The van der Waals surface area contributed by atoms with Gasteiger partial charge >= 0.3 is 0 Å². The molecule has 10 heteroatoms. The fourth-order valence-electron chi connectivity index (χ4n) is 3.40. The lowest BCUT2D eigenvalue weighted by Crippen LogP contribution is -2.29. The molecular formula is C19H21N5O5. The first kappa shape index (κ1) is 20.1. The van der Waals surface area contributed by atoms with E-state index in [1.54, 1.807) is 0 Å². The summed E-state index contributed by atoms with van der Waals surface area (Å²) in [5.41, 5.74) is -1.30. The zero-order valence-electron chi connectivity index (χ0n) is 16.2. The maximum Gasteiger partial charge on any atom is 0.282 e. The van der Waals surface area contributed by atoms with Crippen molar-refractivity contribution in [2.45, 2.75) is 25.7 Å². The minimum absolute atomic E-state index is 0.0198. The number of ether oxygens (including phenoxy) is 2. The molecule has 3 rings (SSSR count). The summed E-state index contributed by atoms with van der Waals surface area (Å²) in [6.45, 7) is 1.42. The van der Waals surface area contributed by atoms with Crippen molar-refractivity contribution in [3.63, 3.8) is 0 Å². The highest BCUT2D eigenvalue weighted by Crippen LogP contribution is 2.40. The highest BCUT2D eigenvalue weighted by Gasteiger charge is 2.26. The Kier molecular flexibility index (Phi) is 5.97. The Bertz CT molecular complexity index is 1020. The molecule has 0 radical (unpaired) electrons. The van der Waals surface area contributed by atoms with E-state index in [1.807, 2.05) is 11.0 Å². The van der Waals surface area contributed by atoms with Gasteiger partial charge in [-0.1, -0.05) is 12.8 Å². The van der Waals surface area contributed by atoms with E-state index in [-0.39, 0.29) is 34.0 Å². The van der Waals surface area contributed by atoms with Crippen molar-refractivity contribution in [3.8, 4) is 28.8 Å². The molecule has 2 heterocycles. The predicted molar refractivity (Wildman–Crippen MR) is 105 cm³/mol. The lowest BCUT2D eigenvalue weighted by atomic mass is 10.0. The summed E-state index contributed by atoms with van der Waals surface area (Å²) in [6.07, 6.45) is 4.08. The molecule has 1 saturated heterocycles. The van der Waals surface area contributed by atoms with Gasteiger partial charge in [-0.25, -0.2) is 4.98 Å². The number of nitro benzene ring substituents is 1. The smallest absolute Gasteiger partial charge is 0.282 e. The number of methoxy groups -OCH3 is 2. The predicted octanol–water partition coefficient (Wildman–Crippen LogP) is 2.61. The van der Waals surface area contributed by atoms with Crippen molar-refractivity contribution in [2.75, 3.05) is 32.2 Å². The number of nitro groups is 1. The van der Waals surface area contributed by atoms with Crippen LogP contribution in [0, 0.1) is 21.4 Å². The molecule has 0 aliphatic carbocycles. The van der Waals surface area contributed by atoms with Gasteiger partial charge in [0.2, 0.25) is 5.95 Å². The van der Waals surface area contributed by atoms with E-state index in [0.29, 0.717) is 19.0 Å². The topological polar surface area (TPSA) is 134 Å². The minimum atomic E-state index is -0.638. The van der Waals surface area contributed by atoms with Crippen molar-refractivity contribution in [1.82, 2.24) is 9.97 Å². The van der Waals surface area contributed by atoms with Crippen LogP contribution < -0.4 is 19.9 Å². The van der Waals surface area contributed by atoms with Gasteiger partial charge in [0, 0.05) is 19.2 Å². The van der Waals surface area contributed by atoms with Gasteiger partial charge in [-0.15, -0.1) is 0 Å². The highest BCUT2D eigenvalue weighted by molar-refractivity contribution is 5.78. The second-order valence-electron chi connectivity index (χ2n) is 6.61. The van der Waals surface area contributed by atoms with Crippen LogP contribution in [0.2, 0.25) is 0 Å². The summed E-state index contributed by atoms with van der Waals surface area (Å²) in [7, 11) is 2.76. The van der Waals surface area contributed by atoms with Crippen molar-refractivity contribution >= 4 is 11.6 Å². The van der Waals surface area contributed by atoms with Crippen LogP contribution in [-0.2, 0) is 0 Å². The second kappa shape index (κ2) is 8.60. The van der Waals surface area contributed by atoms with Crippen molar-refractivity contribution in [1.29, 1.82) is 5.26 Å². The Morgan fingerprint density at radius 2 is 1.79 bits per heavy atom. The molecule has 2 aromatic rings. The van der Waals surface area contributed by atoms with E-state index in [1.165, 1.54) is 26.4 Å². The van der Waals surface area contributed by atoms with E-state index in [4.69, 9.17) is 9.47 Å². The Hall–Kier alpha value is -3.61. The fourth-order valence-corrected chi connectivity index (χ4v) is 3.40. The van der Waals surface area contributed by atoms with Crippen LogP contribution in [0.3, 0.4) is 0 Å². The number of nitriles is 1. The maximum atomic E-state index is 12.6. The molecule has 0 saturated carbocycles. The number of hydrogen-bond donors (Lipinski definition) is 1. The molecule has 0 spiro atoms. The van der Waals surface area contributed by atoms with Crippen LogP contribution >= 0.6 is 0 Å². The third-order valence-corrected chi connectivity index (χ3v) is 4.88. The third kappa shape index (κ3) is 3.99. The summed E-state index contributed by atoms with van der Waals surface area (Å²) in [4.78, 5) is 32.7. The zero-order valence-corrected chi connectivity index (χ0v) is 16.2. The van der Waals surface area contributed by atoms with Gasteiger partial charge in [0.25, 0.3) is 11.2 Å². The molecule has 29 heavy (non-hydrogen) atoms. The molecule has 1 aliphatic rings. The summed E-state index contributed by atoms with van der Waals surface area (Å²) in [6, 6.07) is 4.38. The molecule has 1 N–H and O–H groups in total. The zero-order chi connectivity index (χ0) is 21.0. The van der Waals surface area contributed by atoms with Crippen LogP contribution in [0.1, 0.15) is 31.2 Å². The number of aromatic amines is 1. The molecule has 1 aromatic carbocycles. The number of benzene rings is 1. The number of nitrogens with one attached hydrogen (secondary N) is 1. The molecule has 1 aliphatic heterocycles. The molecule has 10 nitrogen and oxygen atoms in total. The fraction of sp³-hybridized carbons (Fsp3) is 0.421. The number of hydrogen-bond acceptors (Lipinski definition) is 8. The van der Waals surface area contributed by atoms with E-state index in [0.717, 1.165) is 25.7 Å². The molecule has 0 unspecified atom stereocenters. The standard InChI is InChI=1S/C19H21N5O5/c1-28-15-9-12(14(24(26)27)10-16(15)29-2)17-13(11-20)18(25)22-19(21-17)23-7-5-3-4-6-8-23/h9-10H,3-8H2,1-2H3,(H,21,22,25). The lowest BCUT2D eigenvalue weighted by Gasteiger charge is -2.21. The van der Waals surface area contributed by atoms with Crippen LogP contribution in [0.15, 0.2) is 16.9 Å². The quantitative estimate of drug-likeness (QED) is 0.599. The molecule has 0 bridgehead atoms. The SMILES string of the molecule is COc1cc(-c2nc(N3CCCCCC3)[nH]c(=O)c2C#N)c([N+](=O)[O-])cc1OC. The molecule has 1 fully saturated rings. The molecular weight excluding hydrogens is 378 g/mol. The molecule has 152 valence electrons. The van der Waals surface area contributed by atoms with Crippen molar-refractivity contribution in [3.05, 3.63) is 38.2 Å². The number of nitrogens with zero attached hydrogens (tertiary/aromatic N) is 4. The second-order valence-corrected chi connectivity index (χ2v) is 6.61. The maximum absolute atomic E-state index is 12.6. The van der Waals surface area contributed by atoms with Crippen LogP contribution in [0.25, 0.3) is 11.3 Å². The minimum Gasteiger partial charge on any atom is -0.493 e. The van der Waals surface area contributed by atoms with Crippen LogP contribution in [-0.4, -0.2) is 42.2 Å². The molecule has 0 amide bonds. The van der Waals surface area contributed by atoms with Crippen molar-refractivity contribution in [2.24, 2.45) is 0 Å². The Morgan fingerprint density at radius 3 is 2.34 bits per heavy atom. The van der Waals surface area contributed by atoms with Gasteiger partial charge in [0.05, 0.1) is 30.8 Å². The largest absolute Gasteiger partial charge is 0.493 e. The Morgan fingerprint density at radius 1 is 1.17 bits per heavy atom. The molecule has 0 atom stereocenters. The summed E-state index contributed by atoms with van der Waals surface area (Å²) >= 11 is 0. The van der Waals surface area contributed by atoms with E-state index in [2.05, 4.69) is 9.97 Å². The highest BCUT2D eigenvalue weighted by atomic mass is 16.6. The van der Waals surface area contributed by atoms with Gasteiger partial charge in [0.1, 0.15) is 17.3 Å². The van der Waals surface area contributed by atoms with E-state index < -0.39 is 10.5 Å². The lowest BCUT2D eigenvalue weighted by molar-refractivity contribution is -0.384. The van der Waals surface area contributed by atoms with Crippen LogP contribution in [0.5, 0.6) is 11.5 Å². The summed E-state index contributed by atoms with van der Waals surface area (Å²) < 4.78 is 10.4. The normalized spacial score (nSPS) is 14.0. The number of H-pyrrole nitrogens is 1. The Labute approximate surface area is 166 Å². The van der Waals surface area contributed by atoms with Gasteiger partial charge in [-0.2, -0.15) is 5.26 Å². The summed E-state index contributed by atoms with van der Waals surface area (Å²) in [5, 5.41) is 21.2. The van der Waals surface area contributed by atoms with Crippen molar-refractivity contribution < 1.29 is 14.4 Å². The van der Waals surface area contributed by atoms with Crippen LogP contribution in [0.4, 0.5) is 11.6 Å². The van der Waals surface area contributed by atoms with E-state index >= 15 is 0 Å². The van der Waals surface area contributed by atoms with Gasteiger partial charge in [0.15, 0.2) is 11.5 Å². The first-order chi connectivity index (χ1) is 14.0. The number of anilines is 1.